The molecule has 2 aromatic carbocycles. The summed E-state index contributed by atoms with van der Waals surface area (Å²) in [5, 5.41) is 2.57. The number of imide groups is 1. The number of nitrogens with zero attached hydrogens (tertiary/aromatic N) is 1. The fourth-order valence-corrected chi connectivity index (χ4v) is 3.95. The van der Waals surface area contributed by atoms with Crippen LogP contribution in [0.15, 0.2) is 42.5 Å². The fourth-order valence-electron chi connectivity index (χ4n) is 3.95. The Morgan fingerprint density at radius 3 is 2.36 bits per heavy atom. The predicted molar refractivity (Wildman–Crippen MR) is 127 cm³/mol. The number of hydrogen-bond acceptors (Lipinski definition) is 8. The number of amides is 3. The summed E-state index contributed by atoms with van der Waals surface area (Å²) < 4.78 is 15.6. The molecule has 10 nitrogen and oxygen atoms in total. The largest absolute Gasteiger partial charge is 0.462 e. The second-order valence-corrected chi connectivity index (χ2v) is 8.45. The molecule has 1 N–H and O–H groups in total. The van der Waals surface area contributed by atoms with Crippen molar-refractivity contribution < 1.29 is 38.2 Å². The second kappa shape index (κ2) is 11.1. The van der Waals surface area contributed by atoms with Gasteiger partial charge in [-0.2, -0.15) is 0 Å². The van der Waals surface area contributed by atoms with Gasteiger partial charge in [0.2, 0.25) is 0 Å². The van der Waals surface area contributed by atoms with Gasteiger partial charge in [-0.3, -0.25) is 19.3 Å². The smallest absolute Gasteiger partial charge is 0.338 e. The maximum Gasteiger partial charge on any atom is 0.338 e. The first-order valence-corrected chi connectivity index (χ1v) is 11.7. The van der Waals surface area contributed by atoms with Crippen molar-refractivity contribution in [2.45, 2.75) is 32.3 Å². The van der Waals surface area contributed by atoms with Gasteiger partial charge in [0, 0.05) is 12.3 Å². The summed E-state index contributed by atoms with van der Waals surface area (Å²) in [5.41, 5.74) is 1.16. The van der Waals surface area contributed by atoms with E-state index in [2.05, 4.69) is 5.32 Å². The number of rotatable bonds is 9. The highest BCUT2D eigenvalue weighted by Crippen LogP contribution is 2.26. The zero-order valence-electron chi connectivity index (χ0n) is 19.8. The third-order valence-electron chi connectivity index (χ3n) is 5.79. The Morgan fingerprint density at radius 1 is 0.972 bits per heavy atom. The van der Waals surface area contributed by atoms with Crippen LogP contribution in [0, 0.1) is 0 Å². The lowest BCUT2D eigenvalue weighted by Crippen LogP contribution is -2.36. The fraction of sp³-hybridized carbons (Fsp3) is 0.346. The van der Waals surface area contributed by atoms with Crippen LogP contribution < -0.4 is 5.32 Å². The molecule has 2 aromatic rings. The monoisotopic (exact) mass is 494 g/mol. The minimum atomic E-state index is -0.806. The maximum atomic E-state index is 12.8. The highest BCUT2D eigenvalue weighted by Gasteiger charge is 2.38. The topological polar surface area (TPSA) is 128 Å². The van der Waals surface area contributed by atoms with E-state index in [0.29, 0.717) is 30.9 Å². The van der Waals surface area contributed by atoms with Crippen molar-refractivity contribution in [3.8, 4) is 0 Å². The lowest BCUT2D eigenvalue weighted by Gasteiger charge is -2.17. The third-order valence-corrected chi connectivity index (χ3v) is 5.79. The van der Waals surface area contributed by atoms with E-state index in [4.69, 9.17) is 14.2 Å². The van der Waals surface area contributed by atoms with E-state index in [1.54, 1.807) is 0 Å². The van der Waals surface area contributed by atoms with Gasteiger partial charge < -0.3 is 19.5 Å². The molecule has 36 heavy (non-hydrogen) atoms. The normalized spacial score (nSPS) is 16.6. The molecule has 0 spiro atoms. The molecule has 0 unspecified atom stereocenters. The quantitative estimate of drug-likeness (QED) is 0.416. The van der Waals surface area contributed by atoms with Crippen molar-refractivity contribution in [3.05, 3.63) is 64.7 Å². The zero-order valence-corrected chi connectivity index (χ0v) is 19.8. The van der Waals surface area contributed by atoms with Gasteiger partial charge in [0.1, 0.15) is 0 Å². The van der Waals surface area contributed by atoms with Crippen LogP contribution in [0.1, 0.15) is 67.6 Å². The van der Waals surface area contributed by atoms with Crippen molar-refractivity contribution in [3.63, 3.8) is 0 Å². The predicted octanol–water partition coefficient (Wildman–Crippen LogP) is 2.82. The van der Waals surface area contributed by atoms with Crippen molar-refractivity contribution in [2.75, 3.05) is 31.7 Å². The highest BCUT2D eigenvalue weighted by molar-refractivity contribution is 6.22. The first-order valence-electron chi connectivity index (χ1n) is 11.7. The Morgan fingerprint density at radius 2 is 1.67 bits per heavy atom. The molecule has 188 valence electrons. The zero-order chi connectivity index (χ0) is 25.7. The molecule has 0 aliphatic carbocycles. The van der Waals surface area contributed by atoms with Gasteiger partial charge in [-0.15, -0.1) is 0 Å². The molecule has 3 amide bonds. The van der Waals surface area contributed by atoms with Crippen LogP contribution in [-0.4, -0.2) is 67.0 Å². The lowest BCUT2D eigenvalue weighted by molar-refractivity contribution is -0.119. The molecule has 1 saturated heterocycles. The van der Waals surface area contributed by atoms with Crippen LogP contribution in [0.4, 0.5) is 5.69 Å². The van der Waals surface area contributed by atoms with Crippen LogP contribution in [-0.2, 0) is 19.0 Å². The van der Waals surface area contributed by atoms with Crippen molar-refractivity contribution in [2.24, 2.45) is 0 Å². The Kier molecular flexibility index (Phi) is 7.74. The number of ether oxygens (including phenoxy) is 3. The first-order chi connectivity index (χ1) is 17.4. The Labute approximate surface area is 207 Å². The minimum Gasteiger partial charge on any atom is -0.462 e. The number of anilines is 1. The Hall–Kier alpha value is -4.05. The molecule has 0 radical (unpaired) electrons. The van der Waals surface area contributed by atoms with Crippen LogP contribution in [0.3, 0.4) is 0 Å². The van der Waals surface area contributed by atoms with E-state index in [9.17, 15) is 24.0 Å². The summed E-state index contributed by atoms with van der Waals surface area (Å²) in [6, 6.07) is 10.2. The molecule has 0 saturated carbocycles. The van der Waals surface area contributed by atoms with Crippen LogP contribution in [0.5, 0.6) is 0 Å². The number of benzene rings is 2. The maximum absolute atomic E-state index is 12.8. The second-order valence-electron chi connectivity index (χ2n) is 8.45. The van der Waals surface area contributed by atoms with Gasteiger partial charge in [0.05, 0.1) is 41.5 Å². The van der Waals surface area contributed by atoms with Crippen molar-refractivity contribution in [1.82, 2.24) is 4.90 Å². The van der Waals surface area contributed by atoms with Crippen LogP contribution >= 0.6 is 0 Å². The van der Waals surface area contributed by atoms with Crippen LogP contribution in [0.25, 0.3) is 0 Å². The SMILES string of the molecule is CCCOC(=O)c1ccc(NC(=O)COC(=O)c2ccc3c(c2)C(=O)N(C[C@@H]2CCCO2)C3=O)cc1. The molecule has 1 atom stereocenters. The average molecular weight is 495 g/mol. The number of carbonyl (C=O) groups excluding carboxylic acids is 5. The summed E-state index contributed by atoms with van der Waals surface area (Å²) in [4.78, 5) is 63.0. The first kappa shape index (κ1) is 25.1. The van der Waals surface area contributed by atoms with Gasteiger partial charge >= 0.3 is 11.9 Å². The molecule has 2 aliphatic heterocycles. The summed E-state index contributed by atoms with van der Waals surface area (Å²) >= 11 is 0. The van der Waals surface area contributed by atoms with Crippen molar-refractivity contribution >= 4 is 35.3 Å². The number of nitrogens with one attached hydrogen (secondary N) is 1. The van der Waals surface area contributed by atoms with E-state index in [0.717, 1.165) is 17.7 Å². The summed E-state index contributed by atoms with van der Waals surface area (Å²) in [7, 11) is 0. The molecule has 4 rings (SSSR count). The summed E-state index contributed by atoms with van der Waals surface area (Å²) in [5.74, 6) is -2.75. The van der Waals surface area contributed by atoms with E-state index in [1.165, 1.54) is 42.5 Å². The van der Waals surface area contributed by atoms with E-state index < -0.39 is 36.3 Å². The Bertz CT molecular complexity index is 1180. The third kappa shape index (κ3) is 5.60. The van der Waals surface area contributed by atoms with Crippen LogP contribution in [0.2, 0.25) is 0 Å². The average Bonchev–Trinajstić information content (AvgIpc) is 3.49. The van der Waals surface area contributed by atoms with Gasteiger partial charge in [-0.1, -0.05) is 6.92 Å². The lowest BCUT2D eigenvalue weighted by atomic mass is 10.1. The summed E-state index contributed by atoms with van der Waals surface area (Å²) in [6.45, 7) is 2.44. The van der Waals surface area contributed by atoms with Gasteiger partial charge in [-0.25, -0.2) is 9.59 Å². The van der Waals surface area contributed by atoms with E-state index in [1.807, 2.05) is 6.92 Å². The van der Waals surface area contributed by atoms with Gasteiger partial charge in [-0.05, 0) is 61.7 Å². The number of esters is 2. The van der Waals surface area contributed by atoms with Crippen molar-refractivity contribution in [1.29, 1.82) is 0 Å². The van der Waals surface area contributed by atoms with Gasteiger partial charge in [0.15, 0.2) is 6.61 Å². The molecule has 2 heterocycles. The number of hydrogen-bond donors (Lipinski definition) is 1. The molecular formula is C26H26N2O8. The van der Waals surface area contributed by atoms with E-state index >= 15 is 0 Å². The number of carbonyl (C=O) groups is 5. The molecule has 0 bridgehead atoms. The Balaban J connectivity index is 1.31. The van der Waals surface area contributed by atoms with Gasteiger partial charge in [0.25, 0.3) is 17.7 Å². The summed E-state index contributed by atoms with van der Waals surface area (Å²) in [6.07, 6.45) is 2.20. The van der Waals surface area contributed by atoms with E-state index in [-0.39, 0.29) is 29.3 Å². The number of fused-ring (bicyclic) bond motifs is 1. The standard InChI is InChI=1S/C26H26N2O8/c1-2-11-35-25(32)16-5-8-18(9-6-16)27-22(29)15-36-26(33)17-7-10-20-21(13-17)24(31)28(23(20)30)14-19-4-3-12-34-19/h5-10,13,19H,2-4,11-12,14-15H2,1H3,(H,27,29)/t19-/m0/s1. The molecule has 0 aromatic heterocycles. The minimum absolute atomic E-state index is 0.0524. The molecule has 10 heteroatoms. The highest BCUT2D eigenvalue weighted by atomic mass is 16.5. The molecule has 1 fully saturated rings. The molecule has 2 aliphatic rings. The molecular weight excluding hydrogens is 468 g/mol.